The smallest absolute Gasteiger partial charge is 0.371 e. The molecular weight excluding hydrogens is 491 g/mol. The fourth-order valence-corrected chi connectivity index (χ4v) is 5.67. The van der Waals surface area contributed by atoms with Gasteiger partial charge in [-0.3, -0.25) is 4.90 Å². The summed E-state index contributed by atoms with van der Waals surface area (Å²) in [5, 5.41) is 9.77. The zero-order valence-electron chi connectivity index (χ0n) is 19.5. The van der Waals surface area contributed by atoms with Crippen LogP contribution in [-0.4, -0.2) is 61.3 Å². The topological polar surface area (TPSA) is 60.9 Å². The Balaban J connectivity index is 1.60. The Morgan fingerprint density at radius 3 is 2.17 bits per heavy atom. The van der Waals surface area contributed by atoms with Crippen molar-refractivity contribution in [2.45, 2.75) is 44.0 Å². The Kier molecular flexibility index (Phi) is 6.31. The van der Waals surface area contributed by atoms with Crippen LogP contribution in [0, 0.1) is 0 Å². The third-order valence-corrected chi connectivity index (χ3v) is 8.17. The van der Waals surface area contributed by atoms with Gasteiger partial charge in [0.1, 0.15) is 0 Å². The number of sulfonamides is 1. The molecule has 0 aromatic heterocycles. The second kappa shape index (κ2) is 8.50. The SMILES string of the molecule is CC(C)c1cc(CN2CCN(S(C)(=O)=O)CC2)ccc1-c1ccc2c(c1)C(F)(F)C2(O)C(F)(F)F. The zero-order valence-corrected chi connectivity index (χ0v) is 20.3. The normalized spacial score (nSPS) is 23.3. The summed E-state index contributed by atoms with van der Waals surface area (Å²) in [4.78, 5) is 2.13. The van der Waals surface area contributed by atoms with Gasteiger partial charge in [-0.25, -0.2) is 8.42 Å². The Bertz CT molecular complexity index is 1240. The minimum absolute atomic E-state index is 0.00529. The maximum Gasteiger partial charge on any atom is 0.427 e. The van der Waals surface area contributed by atoms with E-state index in [-0.39, 0.29) is 5.92 Å². The number of nitrogens with zero attached hydrogens (tertiary/aromatic N) is 2. The number of aliphatic hydroxyl groups is 1. The molecule has 1 atom stereocenters. The van der Waals surface area contributed by atoms with Crippen molar-refractivity contribution in [2.24, 2.45) is 0 Å². The van der Waals surface area contributed by atoms with Gasteiger partial charge in [0, 0.05) is 43.9 Å². The Hall–Kier alpha value is -2.08. The van der Waals surface area contributed by atoms with Crippen molar-refractivity contribution in [3.05, 3.63) is 58.7 Å². The van der Waals surface area contributed by atoms with Crippen LogP contribution in [0.1, 0.15) is 42.0 Å². The number of fused-ring (bicyclic) bond motifs is 1. The number of piperazine rings is 1. The van der Waals surface area contributed by atoms with Crippen LogP contribution in [0.2, 0.25) is 0 Å². The van der Waals surface area contributed by atoms with Gasteiger partial charge in [0.15, 0.2) is 0 Å². The number of hydrogen-bond acceptors (Lipinski definition) is 4. The van der Waals surface area contributed by atoms with Crippen LogP contribution in [0.25, 0.3) is 11.1 Å². The van der Waals surface area contributed by atoms with Crippen molar-refractivity contribution >= 4 is 10.0 Å². The molecule has 35 heavy (non-hydrogen) atoms. The summed E-state index contributed by atoms with van der Waals surface area (Å²) in [6, 6.07) is 8.85. The van der Waals surface area contributed by atoms with Gasteiger partial charge in [0.25, 0.3) is 5.60 Å². The molecule has 0 spiro atoms. The molecule has 1 fully saturated rings. The van der Waals surface area contributed by atoms with Gasteiger partial charge in [-0.15, -0.1) is 0 Å². The van der Waals surface area contributed by atoms with Crippen LogP contribution >= 0.6 is 0 Å². The number of benzene rings is 2. The largest absolute Gasteiger partial charge is 0.427 e. The number of halogens is 5. The van der Waals surface area contributed by atoms with Gasteiger partial charge >= 0.3 is 12.1 Å². The average molecular weight is 519 g/mol. The van der Waals surface area contributed by atoms with Crippen LogP contribution in [0.3, 0.4) is 0 Å². The summed E-state index contributed by atoms with van der Waals surface area (Å²) in [6.07, 6.45) is -4.31. The molecule has 192 valence electrons. The highest BCUT2D eigenvalue weighted by atomic mass is 32.2. The molecule has 2 aromatic carbocycles. The Labute approximate surface area is 201 Å². The van der Waals surface area contributed by atoms with Crippen LogP contribution < -0.4 is 0 Å². The molecule has 5 nitrogen and oxygen atoms in total. The van der Waals surface area contributed by atoms with E-state index in [4.69, 9.17) is 0 Å². The van der Waals surface area contributed by atoms with Crippen molar-refractivity contribution in [2.75, 3.05) is 32.4 Å². The monoisotopic (exact) mass is 518 g/mol. The van der Waals surface area contributed by atoms with Gasteiger partial charge in [-0.1, -0.05) is 44.2 Å². The summed E-state index contributed by atoms with van der Waals surface area (Å²) in [5.41, 5.74) is -3.03. The van der Waals surface area contributed by atoms with Gasteiger partial charge in [0.2, 0.25) is 10.0 Å². The van der Waals surface area contributed by atoms with Crippen LogP contribution in [0.15, 0.2) is 36.4 Å². The third-order valence-electron chi connectivity index (χ3n) is 6.87. The van der Waals surface area contributed by atoms with Gasteiger partial charge in [0.05, 0.1) is 6.26 Å². The van der Waals surface area contributed by atoms with E-state index in [0.717, 1.165) is 23.3 Å². The molecule has 0 bridgehead atoms. The van der Waals surface area contributed by atoms with Crippen molar-refractivity contribution in [1.82, 2.24) is 9.21 Å². The van der Waals surface area contributed by atoms with E-state index >= 15 is 0 Å². The first-order valence-electron chi connectivity index (χ1n) is 11.2. The first kappa shape index (κ1) is 26.0. The van der Waals surface area contributed by atoms with Crippen molar-refractivity contribution in [3.63, 3.8) is 0 Å². The molecule has 1 unspecified atom stereocenters. The van der Waals surface area contributed by atoms with Gasteiger partial charge < -0.3 is 5.11 Å². The molecule has 1 heterocycles. The van der Waals surface area contributed by atoms with Crippen LogP contribution in [0.5, 0.6) is 0 Å². The molecule has 0 saturated carbocycles. The molecule has 1 N–H and O–H groups in total. The molecule has 0 radical (unpaired) electrons. The summed E-state index contributed by atoms with van der Waals surface area (Å²) < 4.78 is 93.3. The fourth-order valence-electron chi connectivity index (χ4n) is 4.85. The summed E-state index contributed by atoms with van der Waals surface area (Å²) >= 11 is 0. The van der Waals surface area contributed by atoms with Crippen LogP contribution in [0.4, 0.5) is 22.0 Å². The van der Waals surface area contributed by atoms with E-state index < -0.39 is 38.9 Å². The molecule has 4 rings (SSSR count). The Morgan fingerprint density at radius 1 is 1.00 bits per heavy atom. The molecule has 2 aliphatic rings. The highest BCUT2D eigenvalue weighted by molar-refractivity contribution is 7.88. The first-order chi connectivity index (χ1) is 16.1. The highest BCUT2D eigenvalue weighted by Gasteiger charge is 2.78. The lowest BCUT2D eigenvalue weighted by Crippen LogP contribution is -2.62. The average Bonchev–Trinajstić information content (AvgIpc) is 2.77. The van der Waals surface area contributed by atoms with Gasteiger partial charge in [-0.05, 0) is 34.2 Å². The lowest BCUT2D eigenvalue weighted by Gasteiger charge is -2.47. The van der Waals surface area contributed by atoms with E-state index in [1.54, 1.807) is 6.07 Å². The molecule has 11 heteroatoms. The zero-order chi connectivity index (χ0) is 26.0. The highest BCUT2D eigenvalue weighted by Crippen LogP contribution is 2.63. The summed E-state index contributed by atoms with van der Waals surface area (Å²) in [6.45, 7) is 6.42. The van der Waals surface area contributed by atoms with Gasteiger partial charge in [-0.2, -0.15) is 26.3 Å². The number of hydrogen-bond donors (Lipinski definition) is 1. The first-order valence-corrected chi connectivity index (χ1v) is 13.0. The minimum Gasteiger partial charge on any atom is -0.371 e. The lowest BCUT2D eigenvalue weighted by molar-refractivity contribution is -0.364. The standard InChI is InChI=1S/C24H27F5N2O3S/c1-15(2)19-12-16(14-30-8-10-31(11-9-30)35(3,33)34)4-6-18(19)17-5-7-20-21(13-17)23(25,26)22(20,32)24(27,28)29/h4-7,12-13,15,32H,8-11,14H2,1-3H3. The van der Waals surface area contributed by atoms with E-state index in [1.165, 1.54) is 16.6 Å². The molecule has 2 aromatic rings. The van der Waals surface area contributed by atoms with Crippen molar-refractivity contribution < 1.29 is 35.5 Å². The summed E-state index contributed by atoms with van der Waals surface area (Å²) in [7, 11) is -3.23. The summed E-state index contributed by atoms with van der Waals surface area (Å²) in [5.74, 6) is -4.44. The number of alkyl halides is 5. The Morgan fingerprint density at radius 2 is 1.63 bits per heavy atom. The van der Waals surface area contributed by atoms with E-state index in [9.17, 15) is 35.5 Å². The second-order valence-electron chi connectivity index (χ2n) is 9.56. The fraction of sp³-hybridized carbons (Fsp3) is 0.500. The lowest BCUT2D eigenvalue weighted by atomic mass is 9.68. The predicted octanol–water partition coefficient (Wildman–Crippen LogP) is 4.41. The maximum absolute atomic E-state index is 14.4. The molecule has 1 aliphatic heterocycles. The second-order valence-corrected chi connectivity index (χ2v) is 11.5. The molecular formula is C24H27F5N2O3S. The maximum atomic E-state index is 14.4. The van der Waals surface area contributed by atoms with E-state index in [1.807, 2.05) is 26.0 Å². The number of rotatable bonds is 5. The minimum atomic E-state index is -5.50. The van der Waals surface area contributed by atoms with Crippen LogP contribution in [-0.2, 0) is 28.1 Å². The molecule has 1 aliphatic carbocycles. The van der Waals surface area contributed by atoms with E-state index in [2.05, 4.69) is 4.90 Å². The predicted molar refractivity (Wildman–Crippen MR) is 122 cm³/mol. The quantitative estimate of drug-likeness (QED) is 0.596. The third kappa shape index (κ3) is 4.26. The van der Waals surface area contributed by atoms with Crippen molar-refractivity contribution in [3.8, 4) is 11.1 Å². The molecule has 0 amide bonds. The molecule has 1 saturated heterocycles. The van der Waals surface area contributed by atoms with E-state index in [0.29, 0.717) is 43.9 Å². The van der Waals surface area contributed by atoms with Crippen molar-refractivity contribution in [1.29, 1.82) is 0 Å².